The maximum atomic E-state index is 8.38. The predicted octanol–water partition coefficient (Wildman–Crippen LogP) is 6.57. The Labute approximate surface area is 138 Å². The van der Waals surface area contributed by atoms with Crippen molar-refractivity contribution in [2.45, 2.75) is 80.1 Å². The Kier molecular flexibility index (Phi) is 16.4. The van der Waals surface area contributed by atoms with E-state index < -0.39 is 0 Å². The van der Waals surface area contributed by atoms with Crippen molar-refractivity contribution in [2.24, 2.45) is 11.8 Å². The van der Waals surface area contributed by atoms with Crippen molar-refractivity contribution in [1.29, 1.82) is 10.5 Å². The van der Waals surface area contributed by atoms with Gasteiger partial charge < -0.3 is 0 Å². The Bertz CT molecular complexity index is 356. The van der Waals surface area contributed by atoms with E-state index in [1.807, 2.05) is 0 Å². The lowest BCUT2D eigenvalue weighted by Crippen LogP contribution is -1.91. The van der Waals surface area contributed by atoms with Gasteiger partial charge in [-0.25, -0.2) is 0 Å². The fourth-order valence-electron chi connectivity index (χ4n) is 1.83. The molecule has 0 fully saturated rings. The molecule has 0 aliphatic carbocycles. The lowest BCUT2D eigenvalue weighted by Gasteiger charge is -2.02. The minimum absolute atomic E-state index is 0.551. The van der Waals surface area contributed by atoms with Crippen molar-refractivity contribution in [2.75, 3.05) is 0 Å². The van der Waals surface area contributed by atoms with Gasteiger partial charge in [-0.2, -0.15) is 10.5 Å². The van der Waals surface area contributed by atoms with Gasteiger partial charge in [-0.1, -0.05) is 37.1 Å². The third kappa shape index (κ3) is 20.8. The molecule has 0 saturated heterocycles. The molecule has 2 unspecified atom stereocenters. The van der Waals surface area contributed by atoms with Crippen molar-refractivity contribution in [3.8, 4) is 12.1 Å². The molecule has 124 valence electrons. The van der Waals surface area contributed by atoms with Crippen LogP contribution in [-0.4, -0.2) is 0 Å². The molecule has 22 heavy (non-hydrogen) atoms. The Hall–Kier alpha value is -1.54. The second kappa shape index (κ2) is 15.8. The maximum Gasteiger partial charge on any atom is 0.0624 e. The molecule has 0 aromatic rings. The first-order valence-electron chi connectivity index (χ1n) is 8.34. The van der Waals surface area contributed by atoms with Crippen LogP contribution in [0.5, 0.6) is 0 Å². The lowest BCUT2D eigenvalue weighted by molar-refractivity contribution is 0.551. The van der Waals surface area contributed by atoms with E-state index in [-0.39, 0.29) is 0 Å². The first-order valence-corrected chi connectivity index (χ1v) is 8.34. The molecule has 0 aliphatic rings. The highest BCUT2D eigenvalue weighted by molar-refractivity contribution is 4.93. The summed E-state index contributed by atoms with van der Waals surface area (Å²) in [5, 5.41) is 16.8. The van der Waals surface area contributed by atoms with Crippen LogP contribution < -0.4 is 0 Å². The van der Waals surface area contributed by atoms with E-state index in [4.69, 9.17) is 10.5 Å². The van der Waals surface area contributed by atoms with Crippen LogP contribution in [0, 0.1) is 34.5 Å². The number of hydrogen-bond acceptors (Lipinski definition) is 2. The van der Waals surface area contributed by atoms with Crippen molar-refractivity contribution in [3.63, 3.8) is 0 Å². The molecule has 0 heterocycles. The van der Waals surface area contributed by atoms with Gasteiger partial charge in [0.2, 0.25) is 0 Å². The van der Waals surface area contributed by atoms with E-state index in [0.717, 1.165) is 25.7 Å². The molecule has 0 radical (unpaired) electrons. The van der Waals surface area contributed by atoms with Gasteiger partial charge in [0.05, 0.1) is 12.1 Å². The van der Waals surface area contributed by atoms with Crippen molar-refractivity contribution in [1.82, 2.24) is 0 Å². The van der Waals surface area contributed by atoms with Crippen LogP contribution in [0.15, 0.2) is 23.3 Å². The molecule has 0 bridgehead atoms. The monoisotopic (exact) mass is 302 g/mol. The lowest BCUT2D eigenvalue weighted by atomic mass is 10.0. The van der Waals surface area contributed by atoms with Crippen molar-refractivity contribution in [3.05, 3.63) is 23.3 Å². The van der Waals surface area contributed by atoms with E-state index in [0.29, 0.717) is 24.7 Å². The minimum atomic E-state index is 0.551. The standard InChI is InChI=1S/2C10H17N/c2*1-9(2)5-4-6-10(3)7-8-11/h2*5,10H,4,6-7H2,1-3H3. The van der Waals surface area contributed by atoms with E-state index >= 15 is 0 Å². The molecular weight excluding hydrogens is 268 g/mol. The highest BCUT2D eigenvalue weighted by Gasteiger charge is 1.98. The molecule has 0 amide bonds. The Balaban J connectivity index is 0. The SMILES string of the molecule is CC(C)=CCCC(C)CC#N.CC(C)=CCCC(C)CC#N. The number of hydrogen-bond donors (Lipinski definition) is 0. The zero-order valence-corrected chi connectivity index (χ0v) is 15.4. The zero-order chi connectivity index (χ0) is 17.4. The summed E-state index contributed by atoms with van der Waals surface area (Å²) in [7, 11) is 0. The largest absolute Gasteiger partial charge is 0.198 e. The highest BCUT2D eigenvalue weighted by atomic mass is 14.2. The summed E-state index contributed by atoms with van der Waals surface area (Å²) in [5.41, 5.74) is 2.74. The third-order valence-corrected chi connectivity index (χ3v) is 3.30. The minimum Gasteiger partial charge on any atom is -0.198 e. The van der Waals surface area contributed by atoms with Crippen LogP contribution in [0.4, 0.5) is 0 Å². The van der Waals surface area contributed by atoms with E-state index in [2.05, 4.69) is 65.8 Å². The first kappa shape index (κ1) is 22.7. The number of nitriles is 2. The average molecular weight is 303 g/mol. The van der Waals surface area contributed by atoms with Gasteiger partial charge >= 0.3 is 0 Å². The van der Waals surface area contributed by atoms with Gasteiger partial charge in [-0.05, 0) is 65.2 Å². The quantitative estimate of drug-likeness (QED) is 0.476. The predicted molar refractivity (Wildman–Crippen MR) is 96.1 cm³/mol. The summed E-state index contributed by atoms with van der Waals surface area (Å²) in [6, 6.07) is 4.37. The molecule has 0 N–H and O–H groups in total. The molecule has 2 heteroatoms. The van der Waals surface area contributed by atoms with Gasteiger partial charge in [-0.3, -0.25) is 0 Å². The van der Waals surface area contributed by atoms with Crippen LogP contribution in [0.25, 0.3) is 0 Å². The smallest absolute Gasteiger partial charge is 0.0624 e. The number of rotatable bonds is 8. The van der Waals surface area contributed by atoms with Gasteiger partial charge in [0, 0.05) is 12.8 Å². The summed E-state index contributed by atoms with van der Waals surface area (Å²) >= 11 is 0. The van der Waals surface area contributed by atoms with Crippen LogP contribution in [-0.2, 0) is 0 Å². The number of nitrogens with zero attached hydrogens (tertiary/aromatic N) is 2. The highest BCUT2D eigenvalue weighted by Crippen LogP contribution is 2.11. The van der Waals surface area contributed by atoms with Gasteiger partial charge in [0.25, 0.3) is 0 Å². The fraction of sp³-hybridized carbons (Fsp3) is 0.700. The molecule has 2 atom stereocenters. The molecule has 0 aromatic carbocycles. The van der Waals surface area contributed by atoms with Crippen LogP contribution >= 0.6 is 0 Å². The summed E-state index contributed by atoms with van der Waals surface area (Å²) in [6.07, 6.45) is 10.3. The third-order valence-electron chi connectivity index (χ3n) is 3.30. The normalized spacial score (nSPS) is 11.8. The van der Waals surface area contributed by atoms with Crippen molar-refractivity contribution < 1.29 is 0 Å². The Morgan fingerprint density at radius 1 is 0.773 bits per heavy atom. The Morgan fingerprint density at radius 3 is 1.32 bits per heavy atom. The van der Waals surface area contributed by atoms with Gasteiger partial charge in [0.15, 0.2) is 0 Å². The molecule has 0 spiro atoms. The topological polar surface area (TPSA) is 47.6 Å². The molecular formula is C20H34N2. The van der Waals surface area contributed by atoms with Gasteiger partial charge in [-0.15, -0.1) is 0 Å². The summed E-state index contributed by atoms with van der Waals surface area (Å²) in [5.74, 6) is 1.10. The summed E-state index contributed by atoms with van der Waals surface area (Å²) in [4.78, 5) is 0. The second-order valence-corrected chi connectivity index (χ2v) is 6.65. The molecule has 0 rings (SSSR count). The fourth-order valence-corrected chi connectivity index (χ4v) is 1.83. The maximum absolute atomic E-state index is 8.38. The average Bonchev–Trinajstić information content (AvgIpc) is 2.39. The zero-order valence-electron chi connectivity index (χ0n) is 15.4. The Morgan fingerprint density at radius 2 is 1.09 bits per heavy atom. The van der Waals surface area contributed by atoms with Crippen LogP contribution in [0.3, 0.4) is 0 Å². The van der Waals surface area contributed by atoms with Gasteiger partial charge in [0.1, 0.15) is 0 Å². The van der Waals surface area contributed by atoms with E-state index in [1.54, 1.807) is 0 Å². The summed E-state index contributed by atoms with van der Waals surface area (Å²) < 4.78 is 0. The second-order valence-electron chi connectivity index (χ2n) is 6.65. The molecule has 2 nitrogen and oxygen atoms in total. The molecule has 0 aliphatic heterocycles. The van der Waals surface area contributed by atoms with Crippen molar-refractivity contribution >= 4 is 0 Å². The van der Waals surface area contributed by atoms with E-state index in [9.17, 15) is 0 Å². The summed E-state index contributed by atoms with van der Waals surface area (Å²) in [6.45, 7) is 12.7. The first-order chi connectivity index (χ1) is 10.3. The van der Waals surface area contributed by atoms with Crippen LogP contribution in [0.1, 0.15) is 80.1 Å². The van der Waals surface area contributed by atoms with E-state index in [1.165, 1.54) is 11.1 Å². The molecule has 0 saturated carbocycles. The van der Waals surface area contributed by atoms with Crippen LogP contribution in [0.2, 0.25) is 0 Å². The number of allylic oxidation sites excluding steroid dienone is 4. The molecule has 0 aromatic heterocycles.